The Morgan fingerprint density at radius 1 is 1.14 bits per heavy atom. The Morgan fingerprint density at radius 2 is 1.76 bits per heavy atom. The highest BCUT2D eigenvalue weighted by Gasteiger charge is 2.10. The van der Waals surface area contributed by atoms with E-state index in [1.54, 1.807) is 38.1 Å². The molecule has 0 unspecified atom stereocenters. The highest BCUT2D eigenvalue weighted by Crippen LogP contribution is 2.16. The molecule has 2 aromatic carbocycles. The first-order valence-electron chi connectivity index (χ1n) is 6.78. The normalized spacial score (nSPS) is 10.5. The van der Waals surface area contributed by atoms with E-state index in [1.807, 2.05) is 13.0 Å². The smallest absolute Gasteiger partial charge is 0.253 e. The first-order chi connectivity index (χ1) is 9.88. The van der Waals surface area contributed by atoms with E-state index in [0.29, 0.717) is 28.9 Å². The predicted molar refractivity (Wildman–Crippen MR) is 82.6 cm³/mol. The maximum Gasteiger partial charge on any atom is 0.253 e. The summed E-state index contributed by atoms with van der Waals surface area (Å²) in [7, 11) is 0. The molecule has 110 valence electrons. The number of rotatable bonds is 3. The van der Waals surface area contributed by atoms with Gasteiger partial charge in [-0.3, -0.25) is 4.79 Å². The van der Waals surface area contributed by atoms with Crippen molar-refractivity contribution < 1.29 is 9.18 Å². The van der Waals surface area contributed by atoms with Gasteiger partial charge in [0.05, 0.1) is 5.56 Å². The van der Waals surface area contributed by atoms with Crippen molar-refractivity contribution in [3.8, 4) is 0 Å². The molecule has 0 bridgehead atoms. The number of halogens is 1. The average Bonchev–Trinajstić information content (AvgIpc) is 2.42. The van der Waals surface area contributed by atoms with Crippen molar-refractivity contribution in [1.82, 2.24) is 5.32 Å². The minimum absolute atomic E-state index is 0.201. The third-order valence-electron chi connectivity index (χ3n) is 3.40. The number of hydrogen-bond acceptors (Lipinski definition) is 2. The summed E-state index contributed by atoms with van der Waals surface area (Å²) in [5, 5.41) is 2.81. The molecule has 21 heavy (non-hydrogen) atoms. The zero-order chi connectivity index (χ0) is 15.6. The van der Waals surface area contributed by atoms with Crippen LogP contribution in [0, 0.1) is 26.6 Å². The van der Waals surface area contributed by atoms with E-state index in [1.165, 1.54) is 0 Å². The molecule has 0 saturated heterocycles. The van der Waals surface area contributed by atoms with Crippen LogP contribution in [-0.2, 0) is 6.54 Å². The first kappa shape index (κ1) is 15.0. The van der Waals surface area contributed by atoms with Gasteiger partial charge in [0.15, 0.2) is 0 Å². The fourth-order valence-electron chi connectivity index (χ4n) is 2.30. The average molecular weight is 286 g/mol. The molecule has 1 amide bonds. The standard InChI is InChI=1S/C17H19FN2O/c1-10-4-5-14(15(19)6-10)17(21)20-9-13-7-11(2)16(18)12(3)8-13/h4-8H,9,19H2,1-3H3,(H,20,21). The van der Waals surface area contributed by atoms with Crippen molar-refractivity contribution in [2.75, 3.05) is 5.73 Å². The van der Waals surface area contributed by atoms with Crippen LogP contribution in [0.3, 0.4) is 0 Å². The molecular formula is C17H19FN2O. The number of benzene rings is 2. The zero-order valence-corrected chi connectivity index (χ0v) is 12.5. The molecule has 0 aliphatic rings. The van der Waals surface area contributed by atoms with Crippen LogP contribution < -0.4 is 11.1 Å². The maximum absolute atomic E-state index is 13.6. The molecule has 0 aliphatic carbocycles. The number of carbonyl (C=O) groups excluding carboxylic acids is 1. The van der Waals surface area contributed by atoms with Crippen molar-refractivity contribution >= 4 is 11.6 Å². The number of nitrogen functional groups attached to an aromatic ring is 1. The second-order valence-electron chi connectivity index (χ2n) is 5.32. The SMILES string of the molecule is Cc1ccc(C(=O)NCc2cc(C)c(F)c(C)c2)c(N)c1. The summed E-state index contributed by atoms with van der Waals surface area (Å²) in [5.41, 5.74) is 9.79. The van der Waals surface area contributed by atoms with Crippen LogP contribution in [0.15, 0.2) is 30.3 Å². The number of amides is 1. The molecule has 2 aromatic rings. The van der Waals surface area contributed by atoms with Crippen LogP contribution in [0.1, 0.15) is 32.6 Å². The third kappa shape index (κ3) is 3.40. The largest absolute Gasteiger partial charge is 0.398 e. The van der Waals surface area contributed by atoms with E-state index < -0.39 is 0 Å². The molecule has 0 spiro atoms. The fourth-order valence-corrected chi connectivity index (χ4v) is 2.30. The quantitative estimate of drug-likeness (QED) is 0.851. The highest BCUT2D eigenvalue weighted by atomic mass is 19.1. The molecule has 0 atom stereocenters. The summed E-state index contributed by atoms with van der Waals surface area (Å²) in [6.45, 7) is 5.69. The van der Waals surface area contributed by atoms with Crippen molar-refractivity contribution in [3.63, 3.8) is 0 Å². The summed E-state index contributed by atoms with van der Waals surface area (Å²) in [5.74, 6) is -0.431. The van der Waals surface area contributed by atoms with Gasteiger partial charge < -0.3 is 11.1 Å². The van der Waals surface area contributed by atoms with Crippen LogP contribution in [0.25, 0.3) is 0 Å². The Morgan fingerprint density at radius 3 is 2.33 bits per heavy atom. The molecule has 0 heterocycles. The highest BCUT2D eigenvalue weighted by molar-refractivity contribution is 5.99. The lowest BCUT2D eigenvalue weighted by Crippen LogP contribution is -2.24. The lowest BCUT2D eigenvalue weighted by molar-refractivity contribution is 0.0952. The van der Waals surface area contributed by atoms with Gasteiger partial charge in [-0.25, -0.2) is 4.39 Å². The Balaban J connectivity index is 2.11. The number of carbonyl (C=O) groups is 1. The Hall–Kier alpha value is -2.36. The van der Waals surface area contributed by atoms with E-state index in [4.69, 9.17) is 5.73 Å². The van der Waals surface area contributed by atoms with Gasteiger partial charge in [0.1, 0.15) is 5.82 Å². The number of nitrogens with one attached hydrogen (secondary N) is 1. The number of hydrogen-bond donors (Lipinski definition) is 2. The van der Waals surface area contributed by atoms with Crippen molar-refractivity contribution in [2.24, 2.45) is 0 Å². The van der Waals surface area contributed by atoms with E-state index in [9.17, 15) is 9.18 Å². The molecule has 2 rings (SSSR count). The van der Waals surface area contributed by atoms with E-state index in [-0.39, 0.29) is 11.7 Å². The minimum atomic E-state index is -0.230. The number of anilines is 1. The maximum atomic E-state index is 13.6. The van der Waals surface area contributed by atoms with Gasteiger partial charge in [0.25, 0.3) is 5.91 Å². The molecule has 3 nitrogen and oxygen atoms in total. The van der Waals surface area contributed by atoms with Crippen LogP contribution in [0.2, 0.25) is 0 Å². The van der Waals surface area contributed by atoms with Gasteiger partial charge in [0.2, 0.25) is 0 Å². The van der Waals surface area contributed by atoms with Gasteiger partial charge in [-0.1, -0.05) is 18.2 Å². The summed E-state index contributed by atoms with van der Waals surface area (Å²) in [6.07, 6.45) is 0. The van der Waals surface area contributed by atoms with Gasteiger partial charge in [-0.2, -0.15) is 0 Å². The van der Waals surface area contributed by atoms with E-state index >= 15 is 0 Å². The lowest BCUT2D eigenvalue weighted by atomic mass is 10.1. The molecule has 0 fully saturated rings. The summed E-state index contributed by atoms with van der Waals surface area (Å²) in [6, 6.07) is 8.79. The molecule has 0 aromatic heterocycles. The molecule has 0 aliphatic heterocycles. The minimum Gasteiger partial charge on any atom is -0.398 e. The topological polar surface area (TPSA) is 55.1 Å². The zero-order valence-electron chi connectivity index (χ0n) is 12.5. The van der Waals surface area contributed by atoms with Crippen molar-refractivity contribution in [3.05, 3.63) is 64.0 Å². The fraction of sp³-hybridized carbons (Fsp3) is 0.235. The van der Waals surface area contributed by atoms with Crippen molar-refractivity contribution in [2.45, 2.75) is 27.3 Å². The number of aryl methyl sites for hydroxylation is 3. The molecule has 4 heteroatoms. The van der Waals surface area contributed by atoms with Crippen LogP contribution in [-0.4, -0.2) is 5.91 Å². The molecule has 3 N–H and O–H groups in total. The monoisotopic (exact) mass is 286 g/mol. The van der Waals surface area contributed by atoms with Gasteiger partial charge in [-0.05, 0) is 55.2 Å². The van der Waals surface area contributed by atoms with Crippen LogP contribution >= 0.6 is 0 Å². The van der Waals surface area contributed by atoms with Crippen LogP contribution in [0.4, 0.5) is 10.1 Å². The molecule has 0 saturated carbocycles. The molecule has 0 radical (unpaired) electrons. The predicted octanol–water partition coefficient (Wildman–Crippen LogP) is 3.26. The van der Waals surface area contributed by atoms with Gasteiger partial charge in [-0.15, -0.1) is 0 Å². The number of nitrogens with two attached hydrogens (primary N) is 1. The van der Waals surface area contributed by atoms with Crippen molar-refractivity contribution in [1.29, 1.82) is 0 Å². The summed E-state index contributed by atoms with van der Waals surface area (Å²) < 4.78 is 13.6. The van der Waals surface area contributed by atoms with Gasteiger partial charge in [0, 0.05) is 12.2 Å². The molecular weight excluding hydrogens is 267 g/mol. The van der Waals surface area contributed by atoms with E-state index in [0.717, 1.165) is 11.1 Å². The first-order valence-corrected chi connectivity index (χ1v) is 6.78. The summed E-state index contributed by atoms with van der Waals surface area (Å²) >= 11 is 0. The van der Waals surface area contributed by atoms with Crippen LogP contribution in [0.5, 0.6) is 0 Å². The third-order valence-corrected chi connectivity index (χ3v) is 3.40. The second-order valence-corrected chi connectivity index (χ2v) is 5.32. The Kier molecular flexibility index (Phi) is 4.26. The lowest BCUT2D eigenvalue weighted by Gasteiger charge is -2.10. The van der Waals surface area contributed by atoms with Gasteiger partial charge >= 0.3 is 0 Å². The summed E-state index contributed by atoms with van der Waals surface area (Å²) in [4.78, 5) is 12.1. The Labute approximate surface area is 124 Å². The second kappa shape index (κ2) is 5.95. The Bertz CT molecular complexity index is 672. The van der Waals surface area contributed by atoms with E-state index in [2.05, 4.69) is 5.32 Å².